The van der Waals surface area contributed by atoms with Crippen LogP contribution in [-0.2, 0) is 0 Å². The molecule has 1 aliphatic heterocycles. The van der Waals surface area contributed by atoms with Crippen LogP contribution in [0.4, 0.5) is 0 Å². The predicted molar refractivity (Wildman–Crippen MR) is 72.0 cm³/mol. The Bertz CT molecular complexity index is 644. The maximum absolute atomic E-state index is 11.8. The highest BCUT2D eigenvalue weighted by molar-refractivity contribution is 8.01. The molecule has 1 aromatic rings. The Morgan fingerprint density at radius 3 is 2.89 bits per heavy atom. The number of aryl methyl sites for hydroxylation is 1. The smallest absolute Gasteiger partial charge is 0.329 e. The molecule has 1 saturated heterocycles. The van der Waals surface area contributed by atoms with Crippen LogP contribution in [0, 0.1) is 19.3 Å². The zero-order valence-electron chi connectivity index (χ0n) is 10.3. The maximum atomic E-state index is 11.8. The number of rotatable bonds is 2. The van der Waals surface area contributed by atoms with Gasteiger partial charge in [0.25, 0.3) is 5.56 Å². The highest BCUT2D eigenvalue weighted by atomic mass is 32.2. The molecule has 2 rings (SSSR count). The molecule has 7 heteroatoms. The topological polar surface area (TPSA) is 95.3 Å². The second kappa shape index (κ2) is 4.89. The predicted octanol–water partition coefficient (Wildman–Crippen LogP) is -0.794. The number of aliphatic hydroxyl groups excluding tert-OH is 2. The minimum Gasteiger partial charge on any atom is -0.394 e. The lowest BCUT2D eigenvalue weighted by Gasteiger charge is -2.22. The molecule has 2 heterocycles. The average molecular weight is 282 g/mol. The van der Waals surface area contributed by atoms with Crippen LogP contribution in [0.1, 0.15) is 17.4 Å². The van der Waals surface area contributed by atoms with E-state index in [1.165, 1.54) is 10.8 Å². The molecule has 3 atom stereocenters. The Morgan fingerprint density at radius 2 is 2.37 bits per heavy atom. The Kier molecular flexibility index (Phi) is 3.58. The molecule has 0 aromatic carbocycles. The van der Waals surface area contributed by atoms with Crippen LogP contribution in [0.2, 0.25) is 0 Å². The summed E-state index contributed by atoms with van der Waals surface area (Å²) in [6.07, 6.45) is 6.14. The second-order valence-electron chi connectivity index (χ2n) is 4.49. The van der Waals surface area contributed by atoms with Crippen molar-refractivity contribution in [2.75, 3.05) is 6.61 Å². The minimum absolute atomic E-state index is 0.237. The molecule has 1 aromatic heterocycles. The first kappa shape index (κ1) is 13.9. The first-order valence-corrected chi connectivity index (χ1v) is 6.58. The van der Waals surface area contributed by atoms with E-state index in [9.17, 15) is 19.8 Å². The van der Waals surface area contributed by atoms with Crippen LogP contribution < -0.4 is 11.2 Å². The normalized spacial score (nSPS) is 30.2. The fourth-order valence-corrected chi connectivity index (χ4v) is 3.47. The van der Waals surface area contributed by atoms with Gasteiger partial charge in [-0.2, -0.15) is 0 Å². The molecule has 0 saturated carbocycles. The molecular formula is C12H14N2O4S. The molecule has 0 unspecified atom stereocenters. The summed E-state index contributed by atoms with van der Waals surface area (Å²) in [5.74, 6) is 2.40. The first-order valence-electron chi connectivity index (χ1n) is 5.70. The van der Waals surface area contributed by atoms with Gasteiger partial charge in [0.1, 0.15) is 4.75 Å². The summed E-state index contributed by atoms with van der Waals surface area (Å²) < 4.78 is 0.230. The van der Waals surface area contributed by atoms with Crippen molar-refractivity contribution in [3.05, 3.63) is 32.6 Å². The van der Waals surface area contributed by atoms with Gasteiger partial charge >= 0.3 is 5.69 Å². The highest BCUT2D eigenvalue weighted by Gasteiger charge is 2.47. The van der Waals surface area contributed by atoms with Crippen LogP contribution in [0.3, 0.4) is 0 Å². The lowest BCUT2D eigenvalue weighted by Crippen LogP contribution is -2.36. The van der Waals surface area contributed by atoms with Gasteiger partial charge in [-0.25, -0.2) is 4.79 Å². The van der Waals surface area contributed by atoms with Crippen molar-refractivity contribution >= 4 is 11.8 Å². The SMILES string of the molecule is C#C[C@]1(CO)S[C@@H](n2cc(C)c(=O)[nH]c2=O)C[C@@H]1O. The van der Waals surface area contributed by atoms with Gasteiger partial charge in [-0.05, 0) is 6.92 Å². The van der Waals surface area contributed by atoms with Crippen molar-refractivity contribution in [3.63, 3.8) is 0 Å². The first-order chi connectivity index (χ1) is 8.93. The fourth-order valence-electron chi connectivity index (χ4n) is 2.04. The van der Waals surface area contributed by atoms with Crippen LogP contribution in [0.25, 0.3) is 0 Å². The fraction of sp³-hybridized carbons (Fsp3) is 0.500. The third kappa shape index (κ3) is 2.23. The van der Waals surface area contributed by atoms with Crippen LogP contribution >= 0.6 is 11.8 Å². The molecule has 1 aliphatic rings. The molecule has 6 nitrogen and oxygen atoms in total. The number of aromatic nitrogens is 2. The Hall–Kier alpha value is -1.49. The highest BCUT2D eigenvalue weighted by Crippen LogP contribution is 2.48. The second-order valence-corrected chi connectivity index (χ2v) is 6.00. The quantitative estimate of drug-likeness (QED) is 0.618. The summed E-state index contributed by atoms with van der Waals surface area (Å²) in [5.41, 5.74) is -0.585. The van der Waals surface area contributed by atoms with E-state index >= 15 is 0 Å². The number of nitrogens with one attached hydrogen (secondary N) is 1. The number of hydrogen-bond donors (Lipinski definition) is 3. The van der Waals surface area contributed by atoms with Crippen molar-refractivity contribution < 1.29 is 10.2 Å². The monoisotopic (exact) mass is 282 g/mol. The summed E-state index contributed by atoms with van der Waals surface area (Å²) in [4.78, 5) is 25.3. The van der Waals surface area contributed by atoms with E-state index in [2.05, 4.69) is 10.9 Å². The summed E-state index contributed by atoms with van der Waals surface area (Å²) in [6.45, 7) is 1.22. The van der Waals surface area contributed by atoms with E-state index in [0.717, 1.165) is 11.8 Å². The Morgan fingerprint density at radius 1 is 1.68 bits per heavy atom. The lowest BCUT2D eigenvalue weighted by atomic mass is 10.0. The number of aliphatic hydroxyl groups is 2. The summed E-state index contributed by atoms with van der Waals surface area (Å²) in [5, 5.41) is 18.9. The molecule has 102 valence electrons. The van der Waals surface area contributed by atoms with Crippen molar-refractivity contribution in [2.24, 2.45) is 0 Å². The van der Waals surface area contributed by atoms with E-state index in [1.54, 1.807) is 6.92 Å². The van der Waals surface area contributed by atoms with Gasteiger partial charge in [0.05, 0.1) is 18.1 Å². The molecule has 3 N–H and O–H groups in total. The van der Waals surface area contributed by atoms with Gasteiger partial charge in [0.15, 0.2) is 0 Å². The molecule has 0 radical (unpaired) electrons. The van der Waals surface area contributed by atoms with E-state index in [1.807, 2.05) is 0 Å². The van der Waals surface area contributed by atoms with Gasteiger partial charge in [0.2, 0.25) is 0 Å². The molecule has 0 spiro atoms. The number of thioether (sulfide) groups is 1. The molecule has 0 bridgehead atoms. The third-order valence-electron chi connectivity index (χ3n) is 3.24. The molecular weight excluding hydrogens is 268 g/mol. The zero-order chi connectivity index (χ0) is 14.2. The van der Waals surface area contributed by atoms with Gasteiger partial charge in [-0.3, -0.25) is 14.3 Å². The Labute approximate surface area is 113 Å². The summed E-state index contributed by atoms with van der Waals surface area (Å²) in [7, 11) is 0. The van der Waals surface area contributed by atoms with Crippen molar-refractivity contribution in [2.45, 2.75) is 29.6 Å². The van der Waals surface area contributed by atoms with E-state index in [4.69, 9.17) is 6.42 Å². The molecule has 0 amide bonds. The number of nitrogens with zero attached hydrogens (tertiary/aromatic N) is 1. The standard InChI is InChI=1S/C12H14N2O4S/c1-3-12(6-15)8(16)4-9(19-12)14-5-7(2)10(17)13-11(14)18/h1,5,8-9,15-16H,4,6H2,2H3,(H,13,17,18)/t8-,9+,12+/m0/s1. The number of hydrogen-bond acceptors (Lipinski definition) is 5. The van der Waals surface area contributed by atoms with E-state index in [0.29, 0.717) is 5.56 Å². The van der Waals surface area contributed by atoms with Crippen LogP contribution in [-0.4, -0.2) is 37.2 Å². The zero-order valence-corrected chi connectivity index (χ0v) is 11.1. The molecule has 1 fully saturated rings. The van der Waals surface area contributed by atoms with Crippen molar-refractivity contribution in [3.8, 4) is 12.3 Å². The number of aromatic amines is 1. The summed E-state index contributed by atoms with van der Waals surface area (Å²) >= 11 is 1.15. The average Bonchev–Trinajstić information content (AvgIpc) is 2.71. The van der Waals surface area contributed by atoms with Gasteiger partial charge in [-0.1, -0.05) is 5.92 Å². The van der Waals surface area contributed by atoms with Crippen molar-refractivity contribution in [1.29, 1.82) is 0 Å². The van der Waals surface area contributed by atoms with Crippen molar-refractivity contribution in [1.82, 2.24) is 9.55 Å². The van der Waals surface area contributed by atoms with Gasteiger partial charge in [0, 0.05) is 18.2 Å². The maximum Gasteiger partial charge on any atom is 0.329 e. The van der Waals surface area contributed by atoms with E-state index < -0.39 is 27.5 Å². The number of terminal acetylenes is 1. The lowest BCUT2D eigenvalue weighted by molar-refractivity contribution is 0.114. The van der Waals surface area contributed by atoms with Gasteiger partial charge in [-0.15, -0.1) is 18.2 Å². The number of H-pyrrole nitrogens is 1. The summed E-state index contributed by atoms with van der Waals surface area (Å²) in [6, 6.07) is 0. The van der Waals surface area contributed by atoms with Gasteiger partial charge < -0.3 is 10.2 Å². The Balaban J connectivity index is 2.42. The third-order valence-corrected chi connectivity index (χ3v) is 4.88. The molecule has 0 aliphatic carbocycles. The molecule has 19 heavy (non-hydrogen) atoms. The largest absolute Gasteiger partial charge is 0.394 e. The minimum atomic E-state index is -1.10. The van der Waals surface area contributed by atoms with E-state index in [-0.39, 0.29) is 13.0 Å². The van der Waals surface area contributed by atoms with Crippen LogP contribution in [0.15, 0.2) is 15.8 Å². The van der Waals surface area contributed by atoms with Crippen LogP contribution in [0.5, 0.6) is 0 Å².